The second kappa shape index (κ2) is 9.28. The summed E-state index contributed by atoms with van der Waals surface area (Å²) in [6, 6.07) is 10.1. The number of benzene rings is 1. The van der Waals surface area contributed by atoms with E-state index in [0.717, 1.165) is 43.4 Å². The fourth-order valence-electron chi connectivity index (χ4n) is 8.13. The first kappa shape index (κ1) is 26.0. The zero-order valence-corrected chi connectivity index (χ0v) is 23.0. The maximum atomic E-state index is 13.5. The number of likely N-dealkylation sites (tertiary alicyclic amines) is 1. The summed E-state index contributed by atoms with van der Waals surface area (Å²) in [5, 5.41) is 3.21. The minimum atomic E-state index is -0.611. The molecule has 1 aromatic carbocycles. The number of piperidine rings is 1. The molecule has 0 unspecified atom stereocenters. The number of allylic oxidation sites excluding steroid dienone is 2. The number of nitrogens with one attached hydrogen (secondary N) is 1. The fraction of sp³-hybridized carbons (Fsp3) is 0.645. The van der Waals surface area contributed by atoms with Crippen LogP contribution in [0.3, 0.4) is 0 Å². The van der Waals surface area contributed by atoms with Crippen LogP contribution < -0.4 is 5.32 Å². The normalized spacial score (nSPS) is 35.1. The molecule has 1 heterocycles. The van der Waals surface area contributed by atoms with Crippen LogP contribution in [-0.2, 0) is 20.9 Å². The van der Waals surface area contributed by atoms with E-state index in [0.29, 0.717) is 31.3 Å². The molecule has 0 spiro atoms. The van der Waals surface area contributed by atoms with Gasteiger partial charge in [0.1, 0.15) is 5.60 Å². The molecule has 0 bridgehead atoms. The molecule has 3 aliphatic carbocycles. The van der Waals surface area contributed by atoms with Crippen LogP contribution in [0.2, 0.25) is 0 Å². The SMILES string of the molecule is CC(C)(C)OC(=O)N1C[C@H]2[C@@H]3CC[C@H](C(=O)NCc4ccccc4)[C@@]3(C)CC[C@@H]2[C@@]2(C)CCC(=O)C=C12. The Morgan fingerprint density at radius 3 is 2.49 bits per heavy atom. The highest BCUT2D eigenvalue weighted by Gasteiger charge is 2.62. The molecule has 1 aliphatic heterocycles. The first-order chi connectivity index (χ1) is 17.4. The molecule has 1 saturated heterocycles. The monoisotopic (exact) mass is 506 g/mol. The smallest absolute Gasteiger partial charge is 0.414 e. The topological polar surface area (TPSA) is 75.7 Å². The first-order valence-electron chi connectivity index (χ1n) is 14.0. The van der Waals surface area contributed by atoms with E-state index in [1.807, 2.05) is 51.1 Å². The van der Waals surface area contributed by atoms with Crippen LogP contribution in [0, 0.1) is 34.5 Å². The molecular weight excluding hydrogens is 464 g/mol. The molecule has 2 saturated carbocycles. The number of hydrogen-bond acceptors (Lipinski definition) is 4. The summed E-state index contributed by atoms with van der Waals surface area (Å²) in [5.41, 5.74) is 1.02. The predicted octanol–water partition coefficient (Wildman–Crippen LogP) is 5.87. The van der Waals surface area contributed by atoms with E-state index in [1.165, 1.54) is 0 Å². The molecule has 0 aromatic heterocycles. The Labute approximate surface area is 221 Å². The van der Waals surface area contributed by atoms with Gasteiger partial charge < -0.3 is 10.1 Å². The van der Waals surface area contributed by atoms with Gasteiger partial charge in [-0.25, -0.2) is 4.79 Å². The lowest BCUT2D eigenvalue weighted by Gasteiger charge is -2.60. The van der Waals surface area contributed by atoms with Gasteiger partial charge in [0.25, 0.3) is 0 Å². The molecule has 37 heavy (non-hydrogen) atoms. The maximum Gasteiger partial charge on any atom is 0.414 e. The third kappa shape index (κ3) is 4.61. The lowest BCUT2D eigenvalue weighted by molar-refractivity contribution is -0.134. The van der Waals surface area contributed by atoms with Crippen molar-refractivity contribution in [3.63, 3.8) is 0 Å². The van der Waals surface area contributed by atoms with Gasteiger partial charge in [0, 0.05) is 42.6 Å². The second-order valence-electron chi connectivity index (χ2n) is 13.3. The Hall–Kier alpha value is -2.63. The summed E-state index contributed by atoms with van der Waals surface area (Å²) in [4.78, 5) is 41.2. The van der Waals surface area contributed by atoms with Crippen molar-refractivity contribution in [2.75, 3.05) is 6.54 Å². The van der Waals surface area contributed by atoms with E-state index in [-0.39, 0.29) is 40.4 Å². The number of hydrogen-bond donors (Lipinski definition) is 1. The van der Waals surface area contributed by atoms with Gasteiger partial charge in [0.15, 0.2) is 5.78 Å². The van der Waals surface area contributed by atoms with Crippen LogP contribution in [0.4, 0.5) is 4.79 Å². The van der Waals surface area contributed by atoms with E-state index in [4.69, 9.17) is 4.74 Å². The average Bonchev–Trinajstić information content (AvgIpc) is 3.19. The average molecular weight is 507 g/mol. The van der Waals surface area contributed by atoms with Gasteiger partial charge in [-0.15, -0.1) is 0 Å². The van der Waals surface area contributed by atoms with Gasteiger partial charge in [0.2, 0.25) is 5.91 Å². The highest BCUT2D eigenvalue weighted by Crippen LogP contribution is 2.65. The van der Waals surface area contributed by atoms with Crippen molar-refractivity contribution in [2.24, 2.45) is 34.5 Å². The molecule has 2 amide bonds. The number of nitrogens with zero attached hydrogens (tertiary/aromatic N) is 1. The highest BCUT2D eigenvalue weighted by molar-refractivity contribution is 5.92. The number of carbonyl (C=O) groups is 3. The van der Waals surface area contributed by atoms with E-state index in [1.54, 1.807) is 11.0 Å². The Kier molecular flexibility index (Phi) is 6.52. The zero-order valence-electron chi connectivity index (χ0n) is 23.0. The Bertz CT molecular complexity index is 1110. The van der Waals surface area contributed by atoms with Gasteiger partial charge in [0.05, 0.1) is 0 Å². The maximum absolute atomic E-state index is 13.5. The molecule has 3 fully saturated rings. The van der Waals surface area contributed by atoms with E-state index in [9.17, 15) is 14.4 Å². The number of fused-ring (bicyclic) bond motifs is 5. The number of ketones is 1. The van der Waals surface area contributed by atoms with Crippen LogP contribution in [0.5, 0.6) is 0 Å². The highest BCUT2D eigenvalue weighted by atomic mass is 16.6. The van der Waals surface area contributed by atoms with Gasteiger partial charge in [-0.3, -0.25) is 14.5 Å². The molecule has 5 rings (SSSR count). The van der Waals surface area contributed by atoms with Crippen molar-refractivity contribution in [1.29, 1.82) is 0 Å². The summed E-state index contributed by atoms with van der Waals surface area (Å²) < 4.78 is 5.83. The Balaban J connectivity index is 1.40. The number of carbonyl (C=O) groups excluding carboxylic acids is 3. The van der Waals surface area contributed by atoms with Gasteiger partial charge >= 0.3 is 6.09 Å². The van der Waals surface area contributed by atoms with Crippen molar-refractivity contribution >= 4 is 17.8 Å². The molecule has 6 atom stereocenters. The standard InChI is InChI=1S/C31H42N2O4/c1-29(2,3)37-28(36)33-19-22-23-11-12-25(27(35)32-18-20-9-7-6-8-10-20)30(23,4)16-14-24(22)31(5)15-13-21(34)17-26(31)33/h6-10,17,22-25H,11-16,18-19H2,1-5H3,(H,32,35)/t22-,23-,24-,25+,30-,31+/m0/s1. The number of ether oxygens (including phenoxy) is 1. The molecule has 1 N–H and O–H groups in total. The van der Waals surface area contributed by atoms with Crippen LogP contribution in [-0.4, -0.2) is 34.8 Å². The van der Waals surface area contributed by atoms with Crippen LogP contribution in [0.25, 0.3) is 0 Å². The van der Waals surface area contributed by atoms with Crippen LogP contribution >= 0.6 is 0 Å². The lowest BCUT2D eigenvalue weighted by atomic mass is 9.49. The first-order valence-corrected chi connectivity index (χ1v) is 14.0. The molecule has 6 heteroatoms. The van der Waals surface area contributed by atoms with Crippen molar-refractivity contribution in [2.45, 2.75) is 85.3 Å². The lowest BCUT2D eigenvalue weighted by Crippen LogP contribution is -2.59. The molecule has 1 aromatic rings. The summed E-state index contributed by atoms with van der Waals surface area (Å²) >= 11 is 0. The van der Waals surface area contributed by atoms with Crippen molar-refractivity contribution in [1.82, 2.24) is 10.2 Å². The van der Waals surface area contributed by atoms with E-state index in [2.05, 4.69) is 19.2 Å². The minimum absolute atomic E-state index is 0.0187. The summed E-state index contributed by atoms with van der Waals surface area (Å²) in [6.07, 6.45) is 6.55. The Morgan fingerprint density at radius 1 is 1.05 bits per heavy atom. The molecule has 6 nitrogen and oxygen atoms in total. The predicted molar refractivity (Wildman–Crippen MR) is 142 cm³/mol. The third-order valence-electron chi connectivity index (χ3n) is 9.95. The van der Waals surface area contributed by atoms with Crippen molar-refractivity contribution in [3.05, 3.63) is 47.7 Å². The number of amides is 2. The molecule has 0 radical (unpaired) electrons. The Morgan fingerprint density at radius 2 is 1.78 bits per heavy atom. The molecule has 200 valence electrons. The second-order valence-corrected chi connectivity index (χ2v) is 13.3. The summed E-state index contributed by atoms with van der Waals surface area (Å²) in [7, 11) is 0. The van der Waals surface area contributed by atoms with E-state index >= 15 is 0 Å². The minimum Gasteiger partial charge on any atom is -0.443 e. The molecular formula is C31H42N2O4. The van der Waals surface area contributed by atoms with Crippen LogP contribution in [0.1, 0.15) is 78.7 Å². The largest absolute Gasteiger partial charge is 0.443 e. The quantitative estimate of drug-likeness (QED) is 0.557. The van der Waals surface area contributed by atoms with Gasteiger partial charge in [-0.2, -0.15) is 0 Å². The zero-order chi connectivity index (χ0) is 26.6. The third-order valence-corrected chi connectivity index (χ3v) is 9.95. The summed E-state index contributed by atoms with van der Waals surface area (Å²) in [5.74, 6) is 1.27. The fourth-order valence-corrected chi connectivity index (χ4v) is 8.13. The van der Waals surface area contributed by atoms with Gasteiger partial charge in [-0.1, -0.05) is 44.2 Å². The van der Waals surface area contributed by atoms with Gasteiger partial charge in [-0.05, 0) is 81.6 Å². The van der Waals surface area contributed by atoms with Crippen LogP contribution in [0.15, 0.2) is 42.1 Å². The van der Waals surface area contributed by atoms with Crippen molar-refractivity contribution < 1.29 is 19.1 Å². The van der Waals surface area contributed by atoms with Crippen molar-refractivity contribution in [3.8, 4) is 0 Å². The van der Waals surface area contributed by atoms with E-state index < -0.39 is 5.60 Å². The summed E-state index contributed by atoms with van der Waals surface area (Å²) in [6.45, 7) is 11.3. The number of rotatable bonds is 3. The molecule has 4 aliphatic rings.